The number of hydrogen-bond donors (Lipinski definition) is 0. The SMILES string of the molecule is O=c1c2ccn3cc4ccccc4c3c12. The standard InChI is InChI=1S/C13H7NO/c15-13-10-5-6-14-7-8-3-1-2-4-9(8)12(14)11(10)13/h1-7H. The third-order valence-electron chi connectivity index (χ3n) is 3.07. The van der Waals surface area contributed by atoms with Crippen LogP contribution in [0.1, 0.15) is 0 Å². The molecule has 0 N–H and O–H groups in total. The lowest BCUT2D eigenvalue weighted by Crippen LogP contribution is -1.76. The monoisotopic (exact) mass is 193 g/mol. The van der Waals surface area contributed by atoms with E-state index in [1.807, 2.05) is 28.8 Å². The van der Waals surface area contributed by atoms with Crippen LogP contribution in [0.15, 0.2) is 47.5 Å². The highest BCUT2D eigenvalue weighted by Crippen LogP contribution is 2.29. The van der Waals surface area contributed by atoms with Gasteiger partial charge in [0.1, 0.15) is 0 Å². The van der Waals surface area contributed by atoms with E-state index in [0.717, 1.165) is 16.3 Å². The van der Waals surface area contributed by atoms with Crippen LogP contribution in [0.4, 0.5) is 0 Å². The lowest BCUT2D eigenvalue weighted by Gasteiger charge is -1.89. The van der Waals surface area contributed by atoms with Gasteiger partial charge in [0, 0.05) is 28.6 Å². The summed E-state index contributed by atoms with van der Waals surface area (Å²) in [5, 5.41) is 4.14. The van der Waals surface area contributed by atoms with Crippen LogP contribution in [0, 0.1) is 0 Å². The second-order valence-electron chi connectivity index (χ2n) is 3.91. The largest absolute Gasteiger partial charge is 0.322 e. The fourth-order valence-electron chi connectivity index (χ4n) is 2.29. The van der Waals surface area contributed by atoms with E-state index in [1.165, 1.54) is 10.8 Å². The first-order valence-corrected chi connectivity index (χ1v) is 4.93. The molecule has 2 aromatic carbocycles. The van der Waals surface area contributed by atoms with E-state index in [1.54, 1.807) is 0 Å². The Bertz CT molecular complexity index is 828. The zero-order valence-corrected chi connectivity index (χ0v) is 7.90. The summed E-state index contributed by atoms with van der Waals surface area (Å²) in [5.41, 5.74) is 1.27. The first-order chi connectivity index (χ1) is 7.36. The molecule has 15 heavy (non-hydrogen) atoms. The lowest BCUT2D eigenvalue weighted by atomic mass is 10.2. The van der Waals surface area contributed by atoms with Crippen molar-refractivity contribution in [1.29, 1.82) is 0 Å². The van der Waals surface area contributed by atoms with Crippen LogP contribution in [-0.4, -0.2) is 4.40 Å². The molecule has 0 atom stereocenters. The third-order valence-corrected chi connectivity index (χ3v) is 3.07. The van der Waals surface area contributed by atoms with Crippen molar-refractivity contribution in [3.8, 4) is 0 Å². The molecule has 2 nitrogen and oxygen atoms in total. The minimum absolute atomic E-state index is 0.203. The average Bonchev–Trinajstić information content (AvgIpc) is 2.77. The molecule has 70 valence electrons. The first-order valence-electron chi connectivity index (χ1n) is 4.93. The van der Waals surface area contributed by atoms with E-state index in [4.69, 9.17) is 0 Å². The van der Waals surface area contributed by atoms with Gasteiger partial charge in [-0.1, -0.05) is 24.3 Å². The van der Waals surface area contributed by atoms with E-state index in [9.17, 15) is 4.79 Å². The van der Waals surface area contributed by atoms with Gasteiger partial charge in [-0.3, -0.25) is 4.79 Å². The predicted octanol–water partition coefficient (Wildman–Crippen LogP) is 2.48. The van der Waals surface area contributed by atoms with Crippen molar-refractivity contribution in [3.05, 3.63) is 52.9 Å². The summed E-state index contributed by atoms with van der Waals surface area (Å²) in [6, 6.07) is 10.1. The Balaban J connectivity index is 2.45. The van der Waals surface area contributed by atoms with Gasteiger partial charge in [-0.25, -0.2) is 0 Å². The number of rotatable bonds is 0. The molecular formula is C13H7NO. The third kappa shape index (κ3) is 0.734. The van der Waals surface area contributed by atoms with Gasteiger partial charge in [0.15, 0.2) is 5.43 Å². The number of fused-ring (bicyclic) bond motifs is 5. The van der Waals surface area contributed by atoms with Crippen molar-refractivity contribution in [3.63, 3.8) is 0 Å². The van der Waals surface area contributed by atoms with Crippen molar-refractivity contribution in [2.45, 2.75) is 0 Å². The zero-order valence-electron chi connectivity index (χ0n) is 7.90. The van der Waals surface area contributed by atoms with Crippen molar-refractivity contribution in [1.82, 2.24) is 4.40 Å². The molecule has 0 saturated carbocycles. The number of hydrogen-bond acceptors (Lipinski definition) is 1. The molecule has 2 aromatic heterocycles. The normalized spacial score (nSPS) is 12.3. The lowest BCUT2D eigenvalue weighted by molar-refractivity contribution is 1.23. The molecule has 0 aliphatic rings. The van der Waals surface area contributed by atoms with E-state index >= 15 is 0 Å². The maximum absolute atomic E-state index is 11.5. The van der Waals surface area contributed by atoms with Crippen LogP contribution < -0.4 is 5.43 Å². The summed E-state index contributed by atoms with van der Waals surface area (Å²) in [5.74, 6) is 0. The Morgan fingerprint density at radius 3 is 2.80 bits per heavy atom. The minimum Gasteiger partial charge on any atom is -0.322 e. The Hall–Kier alpha value is -2.09. The topological polar surface area (TPSA) is 21.5 Å². The molecule has 4 rings (SSSR count). The van der Waals surface area contributed by atoms with Crippen LogP contribution in [0.2, 0.25) is 0 Å². The van der Waals surface area contributed by atoms with Crippen LogP contribution in [0.3, 0.4) is 0 Å². The second-order valence-corrected chi connectivity index (χ2v) is 3.91. The highest BCUT2D eigenvalue weighted by molar-refractivity contribution is 6.17. The summed E-state index contributed by atoms with van der Waals surface area (Å²) in [4.78, 5) is 11.5. The van der Waals surface area contributed by atoms with Crippen LogP contribution in [0.25, 0.3) is 27.1 Å². The molecule has 0 amide bonds. The molecule has 0 aliphatic carbocycles. The van der Waals surface area contributed by atoms with Gasteiger partial charge >= 0.3 is 0 Å². The number of aromatic nitrogens is 1. The summed E-state index contributed by atoms with van der Waals surface area (Å²) >= 11 is 0. The van der Waals surface area contributed by atoms with Crippen molar-refractivity contribution in [2.24, 2.45) is 0 Å². The molecule has 2 heterocycles. The van der Waals surface area contributed by atoms with Gasteiger partial charge in [0.05, 0.1) is 10.9 Å². The van der Waals surface area contributed by atoms with E-state index in [2.05, 4.69) is 18.3 Å². The summed E-state index contributed by atoms with van der Waals surface area (Å²) in [6.07, 6.45) is 4.02. The first kappa shape index (κ1) is 7.23. The zero-order chi connectivity index (χ0) is 9.99. The minimum atomic E-state index is 0.203. The molecule has 0 fully saturated rings. The molecular weight excluding hydrogens is 186 g/mol. The van der Waals surface area contributed by atoms with Crippen molar-refractivity contribution < 1.29 is 0 Å². The van der Waals surface area contributed by atoms with Gasteiger partial charge in [-0.05, 0) is 6.07 Å². The fraction of sp³-hybridized carbons (Fsp3) is 0. The highest BCUT2D eigenvalue weighted by Gasteiger charge is 2.17. The summed E-state index contributed by atoms with van der Waals surface area (Å²) in [7, 11) is 0. The molecule has 0 unspecified atom stereocenters. The van der Waals surface area contributed by atoms with Crippen LogP contribution in [0.5, 0.6) is 0 Å². The Kier molecular flexibility index (Phi) is 1.02. The molecule has 0 bridgehead atoms. The van der Waals surface area contributed by atoms with Crippen molar-refractivity contribution >= 4 is 27.1 Å². The molecule has 0 saturated heterocycles. The van der Waals surface area contributed by atoms with Gasteiger partial charge in [0.2, 0.25) is 0 Å². The Labute approximate surface area is 85.0 Å². The van der Waals surface area contributed by atoms with Gasteiger partial charge in [-0.2, -0.15) is 0 Å². The Morgan fingerprint density at radius 1 is 1.00 bits per heavy atom. The molecule has 2 heteroatoms. The average molecular weight is 193 g/mol. The molecule has 0 radical (unpaired) electrons. The number of nitrogens with zero attached hydrogens (tertiary/aromatic N) is 1. The van der Waals surface area contributed by atoms with Gasteiger partial charge < -0.3 is 4.40 Å². The maximum atomic E-state index is 11.5. The predicted molar refractivity (Wildman–Crippen MR) is 61.1 cm³/mol. The summed E-state index contributed by atoms with van der Waals surface area (Å²) in [6.45, 7) is 0. The van der Waals surface area contributed by atoms with E-state index in [0.29, 0.717) is 0 Å². The number of pyridine rings is 1. The highest BCUT2D eigenvalue weighted by atomic mass is 16.1. The Morgan fingerprint density at radius 2 is 1.87 bits per heavy atom. The number of benzene rings is 1. The van der Waals surface area contributed by atoms with E-state index in [-0.39, 0.29) is 5.43 Å². The maximum Gasteiger partial charge on any atom is 0.196 e. The van der Waals surface area contributed by atoms with E-state index < -0.39 is 0 Å². The fourth-order valence-corrected chi connectivity index (χ4v) is 2.29. The van der Waals surface area contributed by atoms with Crippen LogP contribution in [-0.2, 0) is 0 Å². The van der Waals surface area contributed by atoms with Gasteiger partial charge in [-0.15, -0.1) is 0 Å². The van der Waals surface area contributed by atoms with Crippen LogP contribution >= 0.6 is 0 Å². The molecule has 0 spiro atoms. The second kappa shape index (κ2) is 2.11. The summed E-state index contributed by atoms with van der Waals surface area (Å²) < 4.78 is 2.04. The molecule has 4 aromatic rings. The van der Waals surface area contributed by atoms with Crippen molar-refractivity contribution in [2.75, 3.05) is 0 Å². The quantitative estimate of drug-likeness (QED) is 0.420. The van der Waals surface area contributed by atoms with Gasteiger partial charge in [0.25, 0.3) is 0 Å². The smallest absolute Gasteiger partial charge is 0.196 e. The molecule has 0 aliphatic heterocycles.